The van der Waals surface area contributed by atoms with Crippen LogP contribution >= 0.6 is 11.8 Å². The lowest BCUT2D eigenvalue weighted by Crippen LogP contribution is -2.54. The number of hydrogen-bond acceptors (Lipinski definition) is 3. The van der Waals surface area contributed by atoms with E-state index < -0.39 is 5.54 Å². The molecule has 1 saturated carbocycles. The molecule has 1 aliphatic carbocycles. The zero-order chi connectivity index (χ0) is 12.0. The highest BCUT2D eigenvalue weighted by molar-refractivity contribution is 7.98. The van der Waals surface area contributed by atoms with Crippen LogP contribution in [-0.4, -0.2) is 41.8 Å². The number of carbonyl (C=O) groups excluding carboxylic acids is 1. The molecule has 1 unspecified atom stereocenters. The minimum Gasteiger partial charge on any atom is -0.394 e. The topological polar surface area (TPSA) is 61.4 Å². The van der Waals surface area contributed by atoms with Gasteiger partial charge in [0.2, 0.25) is 0 Å². The van der Waals surface area contributed by atoms with Crippen LogP contribution in [0.1, 0.15) is 26.2 Å². The van der Waals surface area contributed by atoms with Crippen molar-refractivity contribution in [3.05, 3.63) is 0 Å². The van der Waals surface area contributed by atoms with Gasteiger partial charge < -0.3 is 15.7 Å². The third-order valence-electron chi connectivity index (χ3n) is 3.02. The molecule has 2 amide bonds. The molecule has 0 aromatic heterocycles. The van der Waals surface area contributed by atoms with Gasteiger partial charge >= 0.3 is 6.03 Å². The Morgan fingerprint density at radius 3 is 2.75 bits per heavy atom. The summed E-state index contributed by atoms with van der Waals surface area (Å²) in [7, 11) is 0. The van der Waals surface area contributed by atoms with Gasteiger partial charge in [-0.05, 0) is 44.1 Å². The van der Waals surface area contributed by atoms with Crippen LogP contribution in [0, 0.1) is 5.92 Å². The number of aliphatic hydroxyl groups is 1. The Bertz CT molecular complexity index is 234. The second-order valence-electron chi connectivity index (χ2n) is 4.58. The van der Waals surface area contributed by atoms with Crippen molar-refractivity contribution in [2.45, 2.75) is 31.7 Å². The van der Waals surface area contributed by atoms with E-state index in [0.717, 1.165) is 25.0 Å². The number of amides is 2. The van der Waals surface area contributed by atoms with Crippen molar-refractivity contribution < 1.29 is 9.90 Å². The van der Waals surface area contributed by atoms with E-state index >= 15 is 0 Å². The summed E-state index contributed by atoms with van der Waals surface area (Å²) in [5, 5.41) is 15.0. The molecule has 3 N–H and O–H groups in total. The molecule has 0 radical (unpaired) electrons. The van der Waals surface area contributed by atoms with Crippen molar-refractivity contribution in [2.24, 2.45) is 5.92 Å². The fourth-order valence-electron chi connectivity index (χ4n) is 1.71. The summed E-state index contributed by atoms with van der Waals surface area (Å²) in [6.45, 7) is 2.61. The fraction of sp³-hybridized carbons (Fsp3) is 0.909. The summed E-state index contributed by atoms with van der Waals surface area (Å²) in [6, 6.07) is -0.162. The van der Waals surface area contributed by atoms with Crippen LogP contribution in [-0.2, 0) is 0 Å². The molecule has 4 nitrogen and oxygen atoms in total. The van der Waals surface area contributed by atoms with Gasteiger partial charge in [-0.2, -0.15) is 11.8 Å². The first kappa shape index (κ1) is 13.6. The minimum absolute atomic E-state index is 0.00982. The Labute approximate surface area is 102 Å². The predicted molar refractivity (Wildman–Crippen MR) is 67.7 cm³/mol. The number of urea groups is 1. The summed E-state index contributed by atoms with van der Waals surface area (Å²) >= 11 is 1.77. The molecule has 0 aromatic rings. The number of carbonyl (C=O) groups is 1. The fourth-order valence-corrected chi connectivity index (χ4v) is 2.15. The van der Waals surface area contributed by atoms with Crippen LogP contribution in [0.5, 0.6) is 0 Å². The maximum atomic E-state index is 11.6. The number of hydrogen-bond donors (Lipinski definition) is 3. The first-order valence-corrected chi connectivity index (χ1v) is 7.17. The predicted octanol–water partition coefficient (Wildman–Crippen LogP) is 1.20. The molecule has 0 aromatic carbocycles. The van der Waals surface area contributed by atoms with Gasteiger partial charge in [0.25, 0.3) is 0 Å². The highest BCUT2D eigenvalue weighted by Crippen LogP contribution is 2.39. The zero-order valence-corrected chi connectivity index (χ0v) is 10.9. The zero-order valence-electron chi connectivity index (χ0n) is 10.1. The van der Waals surface area contributed by atoms with E-state index in [1.807, 2.05) is 6.92 Å². The third kappa shape index (κ3) is 4.22. The SMILES string of the molecule is CSCCCNC(=O)NC(C)(CO)C1CC1. The van der Waals surface area contributed by atoms with Crippen LogP contribution in [0.2, 0.25) is 0 Å². The van der Waals surface area contributed by atoms with E-state index in [0.29, 0.717) is 12.5 Å². The van der Waals surface area contributed by atoms with E-state index in [1.54, 1.807) is 11.8 Å². The molecule has 5 heteroatoms. The molecule has 1 rings (SSSR count). The first-order chi connectivity index (χ1) is 7.62. The van der Waals surface area contributed by atoms with Crippen molar-refractivity contribution in [3.8, 4) is 0 Å². The molecule has 0 aliphatic heterocycles. The van der Waals surface area contributed by atoms with Crippen LogP contribution in [0.3, 0.4) is 0 Å². The lowest BCUT2D eigenvalue weighted by molar-refractivity contribution is 0.155. The third-order valence-corrected chi connectivity index (χ3v) is 3.71. The Kier molecular flexibility index (Phi) is 5.41. The van der Waals surface area contributed by atoms with Gasteiger partial charge in [-0.25, -0.2) is 4.79 Å². The number of thioether (sulfide) groups is 1. The second kappa shape index (κ2) is 6.35. The quantitative estimate of drug-likeness (QED) is 0.592. The Balaban J connectivity index is 2.21. The van der Waals surface area contributed by atoms with E-state index in [1.165, 1.54) is 0 Å². The lowest BCUT2D eigenvalue weighted by atomic mass is 9.97. The highest BCUT2D eigenvalue weighted by Gasteiger charge is 2.42. The number of rotatable bonds is 7. The monoisotopic (exact) mass is 246 g/mol. The summed E-state index contributed by atoms with van der Waals surface area (Å²) < 4.78 is 0. The summed E-state index contributed by atoms with van der Waals surface area (Å²) in [5.74, 6) is 1.50. The molecular formula is C11H22N2O2S. The lowest BCUT2D eigenvalue weighted by Gasteiger charge is -2.28. The number of nitrogens with one attached hydrogen (secondary N) is 2. The van der Waals surface area contributed by atoms with Crippen LogP contribution in [0.4, 0.5) is 4.79 Å². The first-order valence-electron chi connectivity index (χ1n) is 5.78. The second-order valence-corrected chi connectivity index (χ2v) is 5.56. The van der Waals surface area contributed by atoms with E-state index in [-0.39, 0.29) is 12.6 Å². The molecule has 1 aliphatic rings. The van der Waals surface area contributed by atoms with Crippen molar-refractivity contribution in [1.29, 1.82) is 0 Å². The summed E-state index contributed by atoms with van der Waals surface area (Å²) in [5.41, 5.74) is -0.441. The van der Waals surface area contributed by atoms with Gasteiger partial charge in [0.05, 0.1) is 12.1 Å². The van der Waals surface area contributed by atoms with Gasteiger partial charge in [0.15, 0.2) is 0 Å². The summed E-state index contributed by atoms with van der Waals surface area (Å²) in [6.07, 6.45) is 5.23. The van der Waals surface area contributed by atoms with Gasteiger partial charge in [-0.3, -0.25) is 0 Å². The van der Waals surface area contributed by atoms with Crippen molar-refractivity contribution in [3.63, 3.8) is 0 Å². The Hall–Kier alpha value is -0.420. The van der Waals surface area contributed by atoms with Gasteiger partial charge in [0, 0.05) is 6.54 Å². The molecule has 1 atom stereocenters. The van der Waals surface area contributed by atoms with Gasteiger partial charge in [0.1, 0.15) is 0 Å². The molecular weight excluding hydrogens is 224 g/mol. The highest BCUT2D eigenvalue weighted by atomic mass is 32.2. The van der Waals surface area contributed by atoms with Crippen molar-refractivity contribution in [2.75, 3.05) is 25.2 Å². The molecule has 0 heterocycles. The number of aliphatic hydroxyl groups excluding tert-OH is 1. The molecule has 16 heavy (non-hydrogen) atoms. The van der Waals surface area contributed by atoms with Gasteiger partial charge in [-0.15, -0.1) is 0 Å². The maximum Gasteiger partial charge on any atom is 0.315 e. The van der Waals surface area contributed by atoms with Crippen LogP contribution in [0.15, 0.2) is 0 Å². The molecule has 94 valence electrons. The molecule has 0 spiro atoms. The van der Waals surface area contributed by atoms with Crippen molar-refractivity contribution >= 4 is 17.8 Å². The maximum absolute atomic E-state index is 11.6. The molecule has 0 bridgehead atoms. The van der Waals surface area contributed by atoms with E-state index in [2.05, 4.69) is 16.9 Å². The smallest absolute Gasteiger partial charge is 0.315 e. The Morgan fingerprint density at radius 2 is 2.25 bits per heavy atom. The summed E-state index contributed by atoms with van der Waals surface area (Å²) in [4.78, 5) is 11.6. The standard InChI is InChI=1S/C11H22N2O2S/c1-11(8-14,9-4-5-9)13-10(15)12-6-3-7-16-2/h9,14H,3-8H2,1-2H3,(H2,12,13,15). The minimum atomic E-state index is -0.441. The molecule has 0 saturated heterocycles. The van der Waals surface area contributed by atoms with E-state index in [9.17, 15) is 9.90 Å². The van der Waals surface area contributed by atoms with Crippen LogP contribution < -0.4 is 10.6 Å². The largest absolute Gasteiger partial charge is 0.394 e. The van der Waals surface area contributed by atoms with Gasteiger partial charge in [-0.1, -0.05) is 0 Å². The Morgan fingerprint density at radius 1 is 1.56 bits per heavy atom. The van der Waals surface area contributed by atoms with Crippen molar-refractivity contribution in [1.82, 2.24) is 10.6 Å². The molecule has 1 fully saturated rings. The average molecular weight is 246 g/mol. The normalized spacial score (nSPS) is 18.9. The average Bonchev–Trinajstić information content (AvgIpc) is 3.08. The van der Waals surface area contributed by atoms with Crippen LogP contribution in [0.25, 0.3) is 0 Å². The van der Waals surface area contributed by atoms with E-state index in [4.69, 9.17) is 0 Å².